The Hall–Kier alpha value is -3.35. The maximum absolute atomic E-state index is 13.0. The molecule has 0 atom stereocenters. The van der Waals surface area contributed by atoms with Crippen molar-refractivity contribution in [2.75, 3.05) is 18.1 Å². The number of hydrogen-bond acceptors (Lipinski definition) is 6. The minimum Gasteiger partial charge on any atom is -0.490 e. The molecule has 158 valence electrons. The van der Waals surface area contributed by atoms with Crippen molar-refractivity contribution in [3.63, 3.8) is 0 Å². The molecule has 1 heterocycles. The van der Waals surface area contributed by atoms with E-state index in [0.717, 1.165) is 4.90 Å². The third-order valence-corrected chi connectivity index (χ3v) is 5.08. The molecule has 0 unspecified atom stereocenters. The second-order valence-corrected chi connectivity index (χ2v) is 7.43. The number of imide groups is 2. The highest BCUT2D eigenvalue weighted by molar-refractivity contribution is 9.10. The molecule has 1 aliphatic heterocycles. The van der Waals surface area contributed by atoms with Crippen LogP contribution in [0.1, 0.15) is 12.5 Å². The first kappa shape index (κ1) is 22.3. The normalized spacial score (nSPS) is 15.0. The molecule has 1 fully saturated rings. The zero-order valence-electron chi connectivity index (χ0n) is 16.1. The predicted molar refractivity (Wildman–Crippen MR) is 117 cm³/mol. The van der Waals surface area contributed by atoms with Crippen LogP contribution in [0.4, 0.5) is 10.5 Å². The summed E-state index contributed by atoms with van der Waals surface area (Å²) in [5, 5.41) is 11.3. The summed E-state index contributed by atoms with van der Waals surface area (Å²) in [4.78, 5) is 38.5. The van der Waals surface area contributed by atoms with Crippen molar-refractivity contribution in [2.45, 2.75) is 6.92 Å². The zero-order valence-corrected chi connectivity index (χ0v) is 18.5. The molecule has 0 aliphatic carbocycles. The Balaban J connectivity index is 2.02. The Labute approximate surface area is 191 Å². The van der Waals surface area contributed by atoms with Gasteiger partial charge < -0.3 is 9.47 Å². The van der Waals surface area contributed by atoms with Crippen LogP contribution in [0.25, 0.3) is 6.08 Å². The molecule has 0 radical (unpaired) electrons. The lowest BCUT2D eigenvalue weighted by Gasteiger charge is -2.26. The van der Waals surface area contributed by atoms with Gasteiger partial charge in [0.05, 0.1) is 12.3 Å². The largest absolute Gasteiger partial charge is 0.490 e. The van der Waals surface area contributed by atoms with E-state index in [1.807, 2.05) is 6.07 Å². The van der Waals surface area contributed by atoms with Crippen LogP contribution in [-0.2, 0) is 9.59 Å². The van der Waals surface area contributed by atoms with Crippen LogP contribution in [0, 0.1) is 11.3 Å². The lowest BCUT2D eigenvalue weighted by molar-refractivity contribution is -0.122. The molecule has 0 saturated carbocycles. The van der Waals surface area contributed by atoms with Crippen molar-refractivity contribution in [3.8, 4) is 17.6 Å². The number of nitriles is 1. The molecule has 3 rings (SSSR count). The molecular weight excluding hydrogens is 490 g/mol. The average Bonchev–Trinajstić information content (AvgIpc) is 2.73. The van der Waals surface area contributed by atoms with E-state index in [1.165, 1.54) is 30.3 Å². The minimum absolute atomic E-state index is 0.175. The number of benzene rings is 2. The monoisotopic (exact) mass is 503 g/mol. The molecular formula is C21H15BrClN3O5. The summed E-state index contributed by atoms with van der Waals surface area (Å²) in [6, 6.07) is 10.2. The molecule has 0 spiro atoms. The van der Waals surface area contributed by atoms with Crippen LogP contribution in [0.15, 0.2) is 46.4 Å². The Bertz CT molecular complexity index is 1130. The predicted octanol–water partition coefficient (Wildman–Crippen LogP) is 4.07. The van der Waals surface area contributed by atoms with Gasteiger partial charge in [-0.15, -0.1) is 0 Å². The van der Waals surface area contributed by atoms with Gasteiger partial charge in [0, 0.05) is 9.50 Å². The molecule has 2 aromatic carbocycles. The van der Waals surface area contributed by atoms with Crippen molar-refractivity contribution in [1.29, 1.82) is 5.26 Å². The number of nitrogens with zero attached hydrogens (tertiary/aromatic N) is 2. The topological polar surface area (TPSA) is 109 Å². The van der Waals surface area contributed by atoms with E-state index < -0.39 is 17.8 Å². The highest BCUT2D eigenvalue weighted by Crippen LogP contribution is 2.35. The van der Waals surface area contributed by atoms with E-state index in [1.54, 1.807) is 19.1 Å². The first-order valence-corrected chi connectivity index (χ1v) is 10.2. The molecule has 0 aromatic heterocycles. The fraction of sp³-hybridized carbons (Fsp3) is 0.143. The maximum atomic E-state index is 13.0. The van der Waals surface area contributed by atoms with Crippen molar-refractivity contribution < 1.29 is 23.9 Å². The summed E-state index contributed by atoms with van der Waals surface area (Å²) < 4.78 is 11.4. The van der Waals surface area contributed by atoms with Crippen LogP contribution in [-0.4, -0.2) is 31.1 Å². The number of rotatable bonds is 6. The molecule has 31 heavy (non-hydrogen) atoms. The summed E-state index contributed by atoms with van der Waals surface area (Å²) in [6.45, 7) is 1.94. The second kappa shape index (κ2) is 9.64. The SMILES string of the molecule is CCOc1cc(/C=C2\C(=O)NC(=O)N(c3ccc(Cl)cc3)C2=O)c(Br)cc1OCC#N. The summed E-state index contributed by atoms with van der Waals surface area (Å²) in [5.41, 5.74) is 0.458. The number of halogens is 2. The third kappa shape index (κ3) is 4.87. The maximum Gasteiger partial charge on any atom is 0.335 e. The van der Waals surface area contributed by atoms with Gasteiger partial charge in [0.2, 0.25) is 0 Å². The van der Waals surface area contributed by atoms with Gasteiger partial charge >= 0.3 is 6.03 Å². The van der Waals surface area contributed by atoms with Crippen molar-refractivity contribution >= 4 is 57.1 Å². The number of carbonyl (C=O) groups is 3. The quantitative estimate of drug-likeness (QED) is 0.469. The van der Waals surface area contributed by atoms with Crippen LogP contribution in [0.3, 0.4) is 0 Å². The molecule has 1 saturated heterocycles. The molecule has 1 N–H and O–H groups in total. The van der Waals surface area contributed by atoms with Gasteiger partial charge in [0.15, 0.2) is 18.1 Å². The summed E-state index contributed by atoms with van der Waals surface area (Å²) in [5.74, 6) is -0.947. The Morgan fingerprint density at radius 2 is 1.84 bits per heavy atom. The molecule has 8 nitrogen and oxygen atoms in total. The second-order valence-electron chi connectivity index (χ2n) is 6.13. The molecule has 10 heteroatoms. The van der Waals surface area contributed by atoms with Crippen molar-refractivity contribution in [2.24, 2.45) is 0 Å². The standard InChI is InChI=1S/C21H15BrClN3O5/c1-2-30-17-10-12(16(22)11-18(17)31-8-7-24)9-15-19(27)25-21(29)26(20(15)28)14-5-3-13(23)4-6-14/h3-6,9-11H,2,8H2,1H3,(H,25,27,29)/b15-9+. The summed E-state index contributed by atoms with van der Waals surface area (Å²) in [7, 11) is 0. The van der Waals surface area contributed by atoms with Crippen LogP contribution in [0.5, 0.6) is 11.5 Å². The van der Waals surface area contributed by atoms with Gasteiger partial charge in [-0.2, -0.15) is 5.26 Å². The van der Waals surface area contributed by atoms with E-state index in [0.29, 0.717) is 33.2 Å². The average molecular weight is 505 g/mol. The van der Waals surface area contributed by atoms with Gasteiger partial charge in [-0.1, -0.05) is 27.5 Å². The highest BCUT2D eigenvalue weighted by atomic mass is 79.9. The number of barbiturate groups is 1. The van der Waals surface area contributed by atoms with Crippen molar-refractivity contribution in [3.05, 3.63) is 57.0 Å². The highest BCUT2D eigenvalue weighted by Gasteiger charge is 2.37. The van der Waals surface area contributed by atoms with Gasteiger partial charge in [-0.25, -0.2) is 9.69 Å². The van der Waals surface area contributed by atoms with E-state index in [4.69, 9.17) is 26.3 Å². The summed E-state index contributed by atoms with van der Waals surface area (Å²) >= 11 is 9.24. The van der Waals surface area contributed by atoms with Gasteiger partial charge in [0.25, 0.3) is 11.8 Å². The zero-order chi connectivity index (χ0) is 22.5. The van der Waals surface area contributed by atoms with E-state index >= 15 is 0 Å². The molecule has 2 aromatic rings. The number of ether oxygens (including phenoxy) is 2. The first-order chi connectivity index (χ1) is 14.8. The third-order valence-electron chi connectivity index (χ3n) is 4.14. The smallest absolute Gasteiger partial charge is 0.335 e. The molecule has 1 aliphatic rings. The number of amides is 4. The van der Waals surface area contributed by atoms with Crippen LogP contribution in [0.2, 0.25) is 5.02 Å². The van der Waals surface area contributed by atoms with Gasteiger partial charge in [-0.05, 0) is 55.0 Å². The van der Waals surface area contributed by atoms with Crippen LogP contribution < -0.4 is 19.7 Å². The number of hydrogen-bond donors (Lipinski definition) is 1. The minimum atomic E-state index is -0.858. The number of carbonyl (C=O) groups excluding carboxylic acids is 3. The summed E-state index contributed by atoms with van der Waals surface area (Å²) in [6.07, 6.45) is 1.34. The lowest BCUT2D eigenvalue weighted by Crippen LogP contribution is -2.54. The number of nitrogens with one attached hydrogen (secondary N) is 1. The number of urea groups is 1. The van der Waals surface area contributed by atoms with Crippen molar-refractivity contribution in [1.82, 2.24) is 5.32 Å². The van der Waals surface area contributed by atoms with Crippen LogP contribution >= 0.6 is 27.5 Å². The van der Waals surface area contributed by atoms with Gasteiger partial charge in [-0.3, -0.25) is 14.9 Å². The fourth-order valence-corrected chi connectivity index (χ4v) is 3.35. The first-order valence-electron chi connectivity index (χ1n) is 8.98. The van der Waals surface area contributed by atoms with Gasteiger partial charge in [0.1, 0.15) is 11.6 Å². The Kier molecular flexibility index (Phi) is 6.95. The van der Waals surface area contributed by atoms with E-state index in [9.17, 15) is 14.4 Å². The molecule has 0 bridgehead atoms. The van der Waals surface area contributed by atoms with E-state index in [2.05, 4.69) is 21.2 Å². The Morgan fingerprint density at radius 3 is 2.48 bits per heavy atom. The molecule has 4 amide bonds. The van der Waals surface area contributed by atoms with E-state index in [-0.39, 0.29) is 17.9 Å². The number of anilines is 1. The lowest BCUT2D eigenvalue weighted by atomic mass is 10.1. The Morgan fingerprint density at radius 1 is 1.16 bits per heavy atom. The fourth-order valence-electron chi connectivity index (χ4n) is 2.79.